The molecule has 0 spiro atoms. The van der Waals surface area contributed by atoms with Gasteiger partial charge in [-0.25, -0.2) is 4.79 Å². The van der Waals surface area contributed by atoms with Crippen molar-refractivity contribution >= 4 is 29.7 Å². The summed E-state index contributed by atoms with van der Waals surface area (Å²) in [5.74, 6) is 1.05. The van der Waals surface area contributed by atoms with E-state index in [1.807, 2.05) is 0 Å². The molecule has 3 rings (SSSR count). The van der Waals surface area contributed by atoms with Crippen LogP contribution in [0.1, 0.15) is 12.0 Å². The number of aliphatic carboxylic acids is 1. The van der Waals surface area contributed by atoms with Crippen LogP contribution in [-0.4, -0.2) is 47.7 Å². The van der Waals surface area contributed by atoms with Crippen molar-refractivity contribution in [3.05, 3.63) is 29.3 Å². The Hall–Kier alpha value is -2.15. The molecule has 0 radical (unpaired) electrons. The lowest BCUT2D eigenvalue weighted by atomic mass is 9.98. The molecule has 1 aromatic rings. The van der Waals surface area contributed by atoms with Crippen molar-refractivity contribution < 1.29 is 24.2 Å². The highest BCUT2D eigenvalue weighted by Crippen LogP contribution is 2.31. The number of ether oxygens (including phenoxy) is 2. The molecule has 2 aliphatic heterocycles. The van der Waals surface area contributed by atoms with Gasteiger partial charge in [-0.1, -0.05) is 0 Å². The van der Waals surface area contributed by atoms with E-state index in [4.69, 9.17) is 9.47 Å². The lowest BCUT2D eigenvalue weighted by Crippen LogP contribution is -2.55. The standard InChI is InChI=1S/C16H17NO5S/c1-21-12-2-3-13-10(7-12)6-11(8-22-13)14(18)17-16(15(19)20)4-5-23-9-16/h2-3,6-7H,4-5,8-9H2,1H3,(H,17,18)(H,19,20). The van der Waals surface area contributed by atoms with Crippen molar-refractivity contribution in [2.24, 2.45) is 0 Å². The normalized spacial score (nSPS) is 22.6. The molecule has 6 nitrogen and oxygen atoms in total. The molecule has 2 heterocycles. The quantitative estimate of drug-likeness (QED) is 0.868. The number of carbonyl (C=O) groups excluding carboxylic acids is 1. The third-order valence-electron chi connectivity index (χ3n) is 4.01. The summed E-state index contributed by atoms with van der Waals surface area (Å²) in [7, 11) is 1.57. The molecule has 0 bridgehead atoms. The Morgan fingerprint density at radius 1 is 1.43 bits per heavy atom. The molecule has 1 fully saturated rings. The zero-order chi connectivity index (χ0) is 16.4. The Labute approximate surface area is 137 Å². The largest absolute Gasteiger partial charge is 0.497 e. The maximum absolute atomic E-state index is 12.5. The molecule has 0 aromatic heterocycles. The van der Waals surface area contributed by atoms with Gasteiger partial charge in [-0.15, -0.1) is 0 Å². The highest BCUT2D eigenvalue weighted by Gasteiger charge is 2.43. The number of thioether (sulfide) groups is 1. The second-order valence-corrected chi connectivity index (χ2v) is 6.61. The molecule has 2 N–H and O–H groups in total. The highest BCUT2D eigenvalue weighted by atomic mass is 32.2. The first-order valence-electron chi connectivity index (χ1n) is 7.19. The van der Waals surface area contributed by atoms with Gasteiger partial charge in [0.2, 0.25) is 0 Å². The molecule has 1 unspecified atom stereocenters. The van der Waals surface area contributed by atoms with Gasteiger partial charge in [-0.3, -0.25) is 4.79 Å². The molecule has 7 heteroatoms. The lowest BCUT2D eigenvalue weighted by Gasteiger charge is -2.26. The number of rotatable bonds is 4. The maximum atomic E-state index is 12.5. The number of fused-ring (bicyclic) bond motifs is 1. The van der Waals surface area contributed by atoms with Gasteiger partial charge in [-0.2, -0.15) is 11.8 Å². The van der Waals surface area contributed by atoms with E-state index >= 15 is 0 Å². The first-order valence-corrected chi connectivity index (χ1v) is 8.35. The van der Waals surface area contributed by atoms with Crippen molar-refractivity contribution in [2.45, 2.75) is 12.0 Å². The Balaban J connectivity index is 1.82. The van der Waals surface area contributed by atoms with Gasteiger partial charge in [0.15, 0.2) is 0 Å². The number of nitrogens with one attached hydrogen (secondary N) is 1. The fourth-order valence-corrected chi connectivity index (χ4v) is 3.92. The molecule has 2 aliphatic rings. The second-order valence-electron chi connectivity index (χ2n) is 5.51. The summed E-state index contributed by atoms with van der Waals surface area (Å²) in [6.45, 7) is 0.119. The number of benzene rings is 1. The molecule has 1 aromatic carbocycles. The van der Waals surface area contributed by atoms with Crippen molar-refractivity contribution in [2.75, 3.05) is 25.2 Å². The number of amides is 1. The van der Waals surface area contributed by atoms with Gasteiger partial charge in [0.25, 0.3) is 5.91 Å². The van der Waals surface area contributed by atoms with E-state index in [-0.39, 0.29) is 6.61 Å². The fourth-order valence-electron chi connectivity index (χ4n) is 2.60. The number of carbonyl (C=O) groups is 2. The second kappa shape index (κ2) is 6.16. The predicted molar refractivity (Wildman–Crippen MR) is 86.9 cm³/mol. The monoisotopic (exact) mass is 335 g/mol. The van der Waals surface area contributed by atoms with Crippen LogP contribution >= 0.6 is 11.8 Å². The van der Waals surface area contributed by atoms with E-state index < -0.39 is 17.4 Å². The summed E-state index contributed by atoms with van der Waals surface area (Å²) in [6.07, 6.45) is 2.14. The van der Waals surface area contributed by atoms with Crippen molar-refractivity contribution in [1.82, 2.24) is 5.32 Å². The topological polar surface area (TPSA) is 84.9 Å². The van der Waals surface area contributed by atoms with Gasteiger partial charge < -0.3 is 19.9 Å². The number of hydrogen-bond acceptors (Lipinski definition) is 5. The van der Waals surface area contributed by atoms with Crippen LogP contribution in [0.4, 0.5) is 0 Å². The van der Waals surface area contributed by atoms with Crippen LogP contribution in [0.2, 0.25) is 0 Å². The number of hydrogen-bond donors (Lipinski definition) is 2. The summed E-state index contributed by atoms with van der Waals surface area (Å²) >= 11 is 1.53. The van der Waals surface area contributed by atoms with Crippen molar-refractivity contribution in [1.29, 1.82) is 0 Å². The zero-order valence-electron chi connectivity index (χ0n) is 12.6. The van der Waals surface area contributed by atoms with Crippen molar-refractivity contribution in [3.63, 3.8) is 0 Å². The van der Waals surface area contributed by atoms with Crippen LogP contribution in [-0.2, 0) is 9.59 Å². The highest BCUT2D eigenvalue weighted by molar-refractivity contribution is 7.99. The minimum Gasteiger partial charge on any atom is -0.497 e. The summed E-state index contributed by atoms with van der Waals surface area (Å²) in [5, 5.41) is 12.1. The molecule has 23 heavy (non-hydrogen) atoms. The fraction of sp³-hybridized carbons (Fsp3) is 0.375. The van der Waals surface area contributed by atoms with Crippen molar-refractivity contribution in [3.8, 4) is 11.5 Å². The molecule has 1 saturated heterocycles. The van der Waals surface area contributed by atoms with Gasteiger partial charge in [0, 0.05) is 11.3 Å². The summed E-state index contributed by atoms with van der Waals surface area (Å²) < 4.78 is 10.7. The van der Waals surface area contributed by atoms with E-state index in [1.165, 1.54) is 11.8 Å². The average Bonchev–Trinajstić information content (AvgIpc) is 3.03. The Morgan fingerprint density at radius 3 is 2.91 bits per heavy atom. The van der Waals surface area contributed by atoms with Crippen LogP contribution in [0.15, 0.2) is 23.8 Å². The van der Waals surface area contributed by atoms with Crippen LogP contribution in [0.25, 0.3) is 6.08 Å². The van der Waals surface area contributed by atoms with Gasteiger partial charge in [-0.05, 0) is 36.4 Å². The molecule has 1 atom stereocenters. The first-order chi connectivity index (χ1) is 11.0. The van der Waals surface area contributed by atoms with Crippen LogP contribution < -0.4 is 14.8 Å². The summed E-state index contributed by atoms with van der Waals surface area (Å²) in [5.41, 5.74) is -0.0359. The van der Waals surface area contributed by atoms with Crippen LogP contribution in [0.5, 0.6) is 11.5 Å². The lowest BCUT2D eigenvalue weighted by molar-refractivity contribution is -0.145. The minimum atomic E-state index is -1.18. The SMILES string of the molecule is COc1ccc2c(c1)C=C(C(=O)NC1(C(=O)O)CCSC1)CO2. The molecule has 0 aliphatic carbocycles. The maximum Gasteiger partial charge on any atom is 0.330 e. The summed E-state index contributed by atoms with van der Waals surface area (Å²) in [6, 6.07) is 5.35. The Morgan fingerprint density at radius 2 is 2.26 bits per heavy atom. The molecule has 122 valence electrons. The van der Waals surface area contributed by atoms with E-state index in [0.29, 0.717) is 29.2 Å². The van der Waals surface area contributed by atoms with Crippen LogP contribution in [0.3, 0.4) is 0 Å². The smallest absolute Gasteiger partial charge is 0.330 e. The molecule has 0 saturated carbocycles. The van der Waals surface area contributed by atoms with E-state index in [0.717, 1.165) is 11.3 Å². The zero-order valence-corrected chi connectivity index (χ0v) is 13.4. The third-order valence-corrected chi connectivity index (χ3v) is 5.20. The Bertz CT molecular complexity index is 679. The van der Waals surface area contributed by atoms with E-state index in [9.17, 15) is 14.7 Å². The average molecular weight is 335 g/mol. The number of methoxy groups -OCH3 is 1. The minimum absolute atomic E-state index is 0.119. The predicted octanol–water partition coefficient (Wildman–Crippen LogP) is 1.55. The van der Waals surface area contributed by atoms with E-state index in [1.54, 1.807) is 31.4 Å². The molecule has 1 amide bonds. The Kier molecular flexibility index (Phi) is 4.21. The number of carboxylic acid groups (broad SMARTS) is 1. The molecular weight excluding hydrogens is 318 g/mol. The van der Waals surface area contributed by atoms with Crippen LogP contribution in [0, 0.1) is 0 Å². The molecular formula is C16H17NO5S. The number of carboxylic acids is 1. The van der Waals surface area contributed by atoms with Gasteiger partial charge >= 0.3 is 5.97 Å². The van der Waals surface area contributed by atoms with E-state index in [2.05, 4.69) is 5.32 Å². The summed E-state index contributed by atoms with van der Waals surface area (Å²) in [4.78, 5) is 24.0. The third kappa shape index (κ3) is 3.01. The first kappa shape index (κ1) is 15.7. The van der Waals surface area contributed by atoms with Gasteiger partial charge in [0.1, 0.15) is 23.6 Å². The van der Waals surface area contributed by atoms with Gasteiger partial charge in [0.05, 0.1) is 12.7 Å².